The SMILES string of the molecule is C[C@@H]1[C@H]2C3=CC[C@@H]4[C@@]5(C)Cc6cnc(N7CCOCC7)nc6C(C)(C)[C@@H]5CC[C@@]4(C)[C@]3(C)CC[C@@H]2CC[C@H]1C. The third kappa shape index (κ3) is 3.51. The molecule has 0 spiro atoms. The highest BCUT2D eigenvalue weighted by Crippen LogP contribution is 2.74. The lowest BCUT2D eigenvalue weighted by Crippen LogP contribution is -2.63. The second-order valence-corrected chi connectivity index (χ2v) is 16.1. The summed E-state index contributed by atoms with van der Waals surface area (Å²) in [6.45, 7) is 21.6. The molecule has 39 heavy (non-hydrogen) atoms. The first-order valence-corrected chi connectivity index (χ1v) is 16.4. The number of anilines is 1. The van der Waals surface area contributed by atoms with Crippen molar-refractivity contribution in [3.8, 4) is 0 Å². The number of rotatable bonds is 1. The highest BCUT2D eigenvalue weighted by Gasteiger charge is 2.67. The van der Waals surface area contributed by atoms with Gasteiger partial charge in [-0.05, 0) is 102 Å². The van der Waals surface area contributed by atoms with Gasteiger partial charge in [0.05, 0.1) is 18.9 Å². The molecule has 0 N–H and O–H groups in total. The Kier molecular flexibility index (Phi) is 5.97. The van der Waals surface area contributed by atoms with E-state index in [4.69, 9.17) is 14.7 Å². The number of aromatic nitrogens is 2. The van der Waals surface area contributed by atoms with Gasteiger partial charge in [0, 0.05) is 24.7 Å². The van der Waals surface area contributed by atoms with Crippen LogP contribution < -0.4 is 4.90 Å². The van der Waals surface area contributed by atoms with Gasteiger partial charge in [-0.2, -0.15) is 0 Å². The molecule has 3 saturated carbocycles. The molecule has 4 heteroatoms. The van der Waals surface area contributed by atoms with Crippen LogP contribution in [0.2, 0.25) is 0 Å². The zero-order valence-corrected chi connectivity index (χ0v) is 25.9. The van der Waals surface area contributed by atoms with Gasteiger partial charge >= 0.3 is 0 Å². The van der Waals surface area contributed by atoms with Gasteiger partial charge in [0.2, 0.25) is 5.95 Å². The Bertz CT molecular complexity index is 1170. The Labute approximate surface area is 237 Å². The molecule has 4 nitrogen and oxygen atoms in total. The third-order valence-electron chi connectivity index (χ3n) is 14.3. The number of hydrogen-bond donors (Lipinski definition) is 0. The molecule has 1 aromatic rings. The van der Waals surface area contributed by atoms with E-state index >= 15 is 0 Å². The zero-order valence-electron chi connectivity index (χ0n) is 25.9. The van der Waals surface area contributed by atoms with Crippen LogP contribution in [0.15, 0.2) is 17.8 Å². The van der Waals surface area contributed by atoms with E-state index in [0.717, 1.165) is 68.3 Å². The molecule has 0 radical (unpaired) electrons. The van der Waals surface area contributed by atoms with Gasteiger partial charge in [-0.25, -0.2) is 9.97 Å². The number of allylic oxidation sites excluding steroid dienone is 2. The molecule has 1 aliphatic heterocycles. The summed E-state index contributed by atoms with van der Waals surface area (Å²) in [4.78, 5) is 12.6. The average Bonchev–Trinajstić information content (AvgIpc) is 2.91. The van der Waals surface area contributed by atoms with Gasteiger partial charge in [0.25, 0.3) is 0 Å². The quantitative estimate of drug-likeness (QED) is 0.350. The normalized spacial score (nSPS) is 46.6. The van der Waals surface area contributed by atoms with Gasteiger partial charge in [-0.15, -0.1) is 0 Å². The summed E-state index contributed by atoms with van der Waals surface area (Å²) in [5.74, 6) is 5.75. The Hall–Kier alpha value is -1.42. The highest BCUT2D eigenvalue weighted by molar-refractivity contribution is 5.41. The van der Waals surface area contributed by atoms with Crippen LogP contribution in [0, 0.1) is 51.8 Å². The zero-order chi connectivity index (χ0) is 27.4. The molecule has 0 bridgehead atoms. The minimum atomic E-state index is 0.0590. The number of nitrogens with zero attached hydrogens (tertiary/aromatic N) is 3. The summed E-state index contributed by atoms with van der Waals surface area (Å²) in [5, 5.41) is 0. The summed E-state index contributed by atoms with van der Waals surface area (Å²) in [5.41, 5.74) is 5.69. The summed E-state index contributed by atoms with van der Waals surface area (Å²) in [7, 11) is 0. The summed E-state index contributed by atoms with van der Waals surface area (Å²) < 4.78 is 5.60. The first kappa shape index (κ1) is 26.5. The maximum absolute atomic E-state index is 5.60. The lowest BCUT2D eigenvalue weighted by Gasteiger charge is -2.70. The van der Waals surface area contributed by atoms with Crippen molar-refractivity contribution >= 4 is 5.95 Å². The molecule has 5 aliphatic carbocycles. The van der Waals surface area contributed by atoms with Crippen molar-refractivity contribution in [2.45, 2.75) is 105 Å². The Morgan fingerprint density at radius 2 is 1.69 bits per heavy atom. The van der Waals surface area contributed by atoms with Crippen LogP contribution in [0.1, 0.15) is 105 Å². The first-order valence-electron chi connectivity index (χ1n) is 16.4. The molecular weight excluding hydrogens is 478 g/mol. The fourth-order valence-corrected chi connectivity index (χ4v) is 11.9. The minimum Gasteiger partial charge on any atom is -0.378 e. The van der Waals surface area contributed by atoms with Crippen molar-refractivity contribution in [3.63, 3.8) is 0 Å². The molecule has 214 valence electrons. The topological polar surface area (TPSA) is 38.2 Å². The number of ether oxygens (including phenoxy) is 1. The predicted octanol–water partition coefficient (Wildman–Crippen LogP) is 7.61. The molecule has 1 saturated heterocycles. The molecule has 1 aromatic heterocycles. The van der Waals surface area contributed by atoms with E-state index in [1.165, 1.54) is 56.2 Å². The number of hydrogen-bond acceptors (Lipinski definition) is 4. The van der Waals surface area contributed by atoms with E-state index in [-0.39, 0.29) is 10.8 Å². The third-order valence-corrected chi connectivity index (χ3v) is 14.3. The van der Waals surface area contributed by atoms with E-state index in [1.807, 2.05) is 5.57 Å². The molecule has 7 rings (SSSR count). The van der Waals surface area contributed by atoms with Gasteiger partial charge in [-0.1, -0.05) is 66.5 Å². The first-order chi connectivity index (χ1) is 18.5. The molecule has 4 fully saturated rings. The average molecular weight is 532 g/mol. The van der Waals surface area contributed by atoms with Gasteiger partial charge in [0.15, 0.2) is 0 Å². The van der Waals surface area contributed by atoms with Crippen molar-refractivity contribution in [2.75, 3.05) is 31.2 Å². The Morgan fingerprint density at radius 1 is 0.923 bits per heavy atom. The fourth-order valence-electron chi connectivity index (χ4n) is 11.9. The molecule has 0 amide bonds. The van der Waals surface area contributed by atoms with E-state index in [2.05, 4.69) is 65.6 Å². The van der Waals surface area contributed by atoms with Crippen molar-refractivity contribution in [3.05, 3.63) is 29.1 Å². The van der Waals surface area contributed by atoms with Crippen LogP contribution in [0.4, 0.5) is 5.95 Å². The maximum atomic E-state index is 5.60. The van der Waals surface area contributed by atoms with Crippen molar-refractivity contribution in [1.29, 1.82) is 0 Å². The van der Waals surface area contributed by atoms with Crippen molar-refractivity contribution in [2.24, 2.45) is 51.8 Å². The van der Waals surface area contributed by atoms with E-state index in [1.54, 1.807) is 0 Å². The second-order valence-electron chi connectivity index (χ2n) is 16.1. The standard InChI is InChI=1S/C35H53N3O/c1-22-8-9-24-12-14-34(6)26(29(24)23(22)2)10-11-28-33(5)20-25-21-36-31(38-16-18-39-19-17-38)37-30(25)32(3,4)27(33)13-15-35(28,34)7/h10,21-24,27-29H,8-9,11-20H2,1-7H3/t22-,23+,24+,27+,28-,29-,33+,34-,35-/m1/s1. The maximum Gasteiger partial charge on any atom is 0.225 e. The summed E-state index contributed by atoms with van der Waals surface area (Å²) in [6, 6.07) is 0. The molecular formula is C35H53N3O. The molecule has 0 unspecified atom stereocenters. The van der Waals surface area contributed by atoms with Crippen LogP contribution in [-0.2, 0) is 16.6 Å². The summed E-state index contributed by atoms with van der Waals surface area (Å²) in [6.07, 6.45) is 15.9. The van der Waals surface area contributed by atoms with E-state index < -0.39 is 0 Å². The molecule has 9 atom stereocenters. The Balaban J connectivity index is 1.27. The lowest BCUT2D eigenvalue weighted by atomic mass is 9.34. The highest BCUT2D eigenvalue weighted by atomic mass is 16.5. The van der Waals surface area contributed by atoms with Gasteiger partial charge < -0.3 is 9.64 Å². The number of fused-ring (bicyclic) bond motifs is 8. The monoisotopic (exact) mass is 531 g/mol. The largest absolute Gasteiger partial charge is 0.378 e. The predicted molar refractivity (Wildman–Crippen MR) is 159 cm³/mol. The van der Waals surface area contributed by atoms with Crippen LogP contribution in [0.3, 0.4) is 0 Å². The molecule has 0 aromatic carbocycles. The van der Waals surface area contributed by atoms with Gasteiger partial charge in [-0.3, -0.25) is 0 Å². The van der Waals surface area contributed by atoms with Gasteiger partial charge in [0.1, 0.15) is 0 Å². The van der Waals surface area contributed by atoms with Crippen LogP contribution in [0.25, 0.3) is 0 Å². The molecule has 6 aliphatic rings. The Morgan fingerprint density at radius 3 is 2.46 bits per heavy atom. The van der Waals surface area contributed by atoms with Crippen molar-refractivity contribution in [1.82, 2.24) is 9.97 Å². The smallest absolute Gasteiger partial charge is 0.225 e. The fraction of sp³-hybridized carbons (Fsp3) is 0.829. The summed E-state index contributed by atoms with van der Waals surface area (Å²) >= 11 is 0. The van der Waals surface area contributed by atoms with Crippen LogP contribution in [0.5, 0.6) is 0 Å². The lowest BCUT2D eigenvalue weighted by molar-refractivity contribution is -0.153. The number of morpholine rings is 1. The van der Waals surface area contributed by atoms with E-state index in [9.17, 15) is 0 Å². The molecule has 2 heterocycles. The minimum absolute atomic E-state index is 0.0590. The van der Waals surface area contributed by atoms with E-state index in [0.29, 0.717) is 16.7 Å². The van der Waals surface area contributed by atoms with Crippen molar-refractivity contribution < 1.29 is 4.74 Å². The van der Waals surface area contributed by atoms with Crippen LogP contribution >= 0.6 is 0 Å². The van der Waals surface area contributed by atoms with Crippen LogP contribution in [-0.4, -0.2) is 36.3 Å². The second kappa shape index (κ2) is 8.79.